The lowest BCUT2D eigenvalue weighted by molar-refractivity contribution is 0.157. The van der Waals surface area contributed by atoms with Gasteiger partial charge >= 0.3 is 0 Å². The molecule has 0 aliphatic heterocycles. The molecule has 18 heavy (non-hydrogen) atoms. The van der Waals surface area contributed by atoms with Crippen LogP contribution in [0, 0.1) is 11.3 Å². The zero-order valence-corrected chi connectivity index (χ0v) is 11.9. The van der Waals surface area contributed by atoms with E-state index in [1.807, 2.05) is 0 Å². The summed E-state index contributed by atoms with van der Waals surface area (Å²) in [5.41, 5.74) is 0. The molecule has 4 heteroatoms. The summed E-state index contributed by atoms with van der Waals surface area (Å²) in [6.45, 7) is 3.20. The van der Waals surface area contributed by atoms with Gasteiger partial charge in [-0.15, -0.1) is 0 Å². The third-order valence-corrected chi connectivity index (χ3v) is 3.67. The van der Waals surface area contributed by atoms with Gasteiger partial charge in [0.2, 0.25) is 0 Å². The lowest BCUT2D eigenvalue weighted by Gasteiger charge is -2.32. The molecule has 1 rings (SSSR count). The van der Waals surface area contributed by atoms with E-state index in [1.165, 1.54) is 32.1 Å². The van der Waals surface area contributed by atoms with Gasteiger partial charge in [0.15, 0.2) is 0 Å². The number of amidine groups is 1. The fourth-order valence-corrected chi connectivity index (χ4v) is 2.59. The number of ether oxygens (including phenoxy) is 2. The zero-order valence-electron chi connectivity index (χ0n) is 11.9. The Hall–Kier alpha value is -0.610. The van der Waals surface area contributed by atoms with E-state index in [1.54, 1.807) is 14.2 Å². The van der Waals surface area contributed by atoms with Crippen LogP contribution in [0.25, 0.3) is 0 Å². The molecular weight excluding hydrogens is 228 g/mol. The Morgan fingerprint density at radius 2 is 1.72 bits per heavy atom. The van der Waals surface area contributed by atoms with Crippen LogP contribution < -0.4 is 0 Å². The first-order chi connectivity index (χ1) is 8.79. The summed E-state index contributed by atoms with van der Waals surface area (Å²) in [5, 5.41) is 8.38. The zero-order chi connectivity index (χ0) is 13.2. The van der Waals surface area contributed by atoms with Gasteiger partial charge in [0.25, 0.3) is 0 Å². The Balaban J connectivity index is 2.42. The maximum Gasteiger partial charge on any atom is 0.0990 e. The molecule has 0 atom stereocenters. The summed E-state index contributed by atoms with van der Waals surface area (Å²) in [7, 11) is 3.45. The van der Waals surface area contributed by atoms with Gasteiger partial charge in [0.1, 0.15) is 0 Å². The number of hydrogen-bond donors (Lipinski definition) is 1. The molecule has 0 saturated heterocycles. The molecule has 0 heterocycles. The normalized spacial score (nSPS) is 16.8. The average Bonchev–Trinajstić information content (AvgIpc) is 2.43. The maximum atomic E-state index is 8.38. The molecule has 1 N–H and O–H groups in total. The predicted octanol–water partition coefficient (Wildman–Crippen LogP) is 2.53. The van der Waals surface area contributed by atoms with Crippen molar-refractivity contribution >= 4 is 5.84 Å². The van der Waals surface area contributed by atoms with Gasteiger partial charge in [0.05, 0.1) is 12.4 Å². The minimum atomic E-state index is 0.471. The van der Waals surface area contributed by atoms with Crippen LogP contribution in [0.4, 0.5) is 0 Å². The number of methoxy groups -OCH3 is 2. The van der Waals surface area contributed by atoms with Crippen molar-refractivity contribution in [2.45, 2.75) is 38.5 Å². The van der Waals surface area contributed by atoms with Crippen molar-refractivity contribution < 1.29 is 9.47 Å². The number of nitrogens with zero attached hydrogens (tertiary/aromatic N) is 1. The molecule has 0 aromatic heterocycles. The molecule has 0 aromatic carbocycles. The molecule has 106 valence electrons. The number of rotatable bonds is 8. The highest BCUT2D eigenvalue weighted by Crippen LogP contribution is 2.25. The third-order valence-electron chi connectivity index (χ3n) is 3.67. The SMILES string of the molecule is COCCCN(CCOC)C(=N)C1CCCCC1. The van der Waals surface area contributed by atoms with Crippen molar-refractivity contribution in [3.8, 4) is 0 Å². The molecule has 0 unspecified atom stereocenters. The average molecular weight is 256 g/mol. The van der Waals surface area contributed by atoms with Crippen LogP contribution >= 0.6 is 0 Å². The molecule has 0 radical (unpaired) electrons. The third kappa shape index (κ3) is 5.36. The monoisotopic (exact) mass is 256 g/mol. The van der Waals surface area contributed by atoms with Gasteiger partial charge in [-0.1, -0.05) is 19.3 Å². The quantitative estimate of drug-likeness (QED) is 0.412. The van der Waals surface area contributed by atoms with Gasteiger partial charge in [-0.05, 0) is 19.3 Å². The summed E-state index contributed by atoms with van der Waals surface area (Å²) in [5.74, 6) is 1.29. The molecule has 1 saturated carbocycles. The Kier molecular flexibility index (Phi) is 8.01. The Morgan fingerprint density at radius 3 is 2.33 bits per heavy atom. The van der Waals surface area contributed by atoms with Crippen LogP contribution in [-0.4, -0.2) is 51.3 Å². The summed E-state index contributed by atoms with van der Waals surface area (Å²) in [6.07, 6.45) is 7.26. The molecule has 1 aliphatic carbocycles. The predicted molar refractivity (Wildman–Crippen MR) is 74.2 cm³/mol. The van der Waals surface area contributed by atoms with Crippen LogP contribution in [-0.2, 0) is 9.47 Å². The molecule has 1 fully saturated rings. The van der Waals surface area contributed by atoms with Crippen LogP contribution in [0.15, 0.2) is 0 Å². The smallest absolute Gasteiger partial charge is 0.0990 e. The van der Waals surface area contributed by atoms with Crippen LogP contribution in [0.5, 0.6) is 0 Å². The molecule has 4 nitrogen and oxygen atoms in total. The van der Waals surface area contributed by atoms with E-state index < -0.39 is 0 Å². The first kappa shape index (κ1) is 15.4. The van der Waals surface area contributed by atoms with Crippen molar-refractivity contribution in [1.82, 2.24) is 4.90 Å². The van der Waals surface area contributed by atoms with Gasteiger partial charge in [-0.25, -0.2) is 0 Å². The molecule has 0 aromatic rings. The Bertz CT molecular complexity index is 228. The first-order valence-corrected chi connectivity index (χ1v) is 7.11. The van der Waals surface area contributed by atoms with E-state index in [0.717, 1.165) is 32.0 Å². The number of nitrogens with one attached hydrogen (secondary N) is 1. The fraction of sp³-hybridized carbons (Fsp3) is 0.929. The van der Waals surface area contributed by atoms with Gasteiger partial charge in [0, 0.05) is 39.8 Å². The van der Waals surface area contributed by atoms with Gasteiger partial charge in [-0.3, -0.25) is 5.41 Å². The van der Waals surface area contributed by atoms with Crippen LogP contribution in [0.1, 0.15) is 38.5 Å². The van der Waals surface area contributed by atoms with Crippen molar-refractivity contribution in [2.24, 2.45) is 5.92 Å². The topological polar surface area (TPSA) is 45.6 Å². The molecule has 1 aliphatic rings. The van der Waals surface area contributed by atoms with Gasteiger partial charge in [-0.2, -0.15) is 0 Å². The second-order valence-corrected chi connectivity index (χ2v) is 5.05. The Labute approximate surface area is 111 Å². The second-order valence-electron chi connectivity index (χ2n) is 5.05. The molecular formula is C14H28N2O2. The van der Waals surface area contributed by atoms with E-state index >= 15 is 0 Å². The van der Waals surface area contributed by atoms with Crippen molar-refractivity contribution in [3.63, 3.8) is 0 Å². The summed E-state index contributed by atoms with van der Waals surface area (Å²) in [4.78, 5) is 2.18. The van der Waals surface area contributed by atoms with Crippen LogP contribution in [0.3, 0.4) is 0 Å². The van der Waals surface area contributed by atoms with E-state index in [9.17, 15) is 0 Å². The van der Waals surface area contributed by atoms with Crippen LogP contribution in [0.2, 0.25) is 0 Å². The van der Waals surface area contributed by atoms with E-state index in [4.69, 9.17) is 14.9 Å². The fourth-order valence-electron chi connectivity index (χ4n) is 2.59. The molecule has 0 amide bonds. The van der Waals surface area contributed by atoms with Gasteiger partial charge < -0.3 is 14.4 Å². The highest BCUT2D eigenvalue weighted by Gasteiger charge is 2.22. The molecule has 0 bridgehead atoms. The maximum absolute atomic E-state index is 8.38. The summed E-state index contributed by atoms with van der Waals surface area (Å²) in [6, 6.07) is 0. The molecule has 0 spiro atoms. The highest BCUT2D eigenvalue weighted by atomic mass is 16.5. The summed E-state index contributed by atoms with van der Waals surface area (Å²) < 4.78 is 10.2. The van der Waals surface area contributed by atoms with Crippen molar-refractivity contribution in [2.75, 3.05) is 40.5 Å². The van der Waals surface area contributed by atoms with Crippen molar-refractivity contribution in [3.05, 3.63) is 0 Å². The second kappa shape index (κ2) is 9.34. The minimum absolute atomic E-state index is 0.471. The highest BCUT2D eigenvalue weighted by molar-refractivity contribution is 5.81. The van der Waals surface area contributed by atoms with E-state index in [-0.39, 0.29) is 0 Å². The number of hydrogen-bond acceptors (Lipinski definition) is 3. The van der Waals surface area contributed by atoms with E-state index in [0.29, 0.717) is 12.5 Å². The lowest BCUT2D eigenvalue weighted by atomic mass is 9.88. The standard InChI is InChI=1S/C14H28N2O2/c1-17-11-6-9-16(10-12-18-2)14(15)13-7-4-3-5-8-13/h13,15H,3-12H2,1-2H3. The van der Waals surface area contributed by atoms with E-state index in [2.05, 4.69) is 4.90 Å². The lowest BCUT2D eigenvalue weighted by Crippen LogP contribution is -2.39. The minimum Gasteiger partial charge on any atom is -0.385 e. The van der Waals surface area contributed by atoms with Crippen molar-refractivity contribution in [1.29, 1.82) is 5.41 Å². The Morgan fingerprint density at radius 1 is 1.06 bits per heavy atom. The largest absolute Gasteiger partial charge is 0.385 e. The first-order valence-electron chi connectivity index (χ1n) is 7.11. The summed E-state index contributed by atoms with van der Waals surface area (Å²) >= 11 is 0.